The standard InChI is InChI=1S/C16H19NO3/c1-4-17-15(12-7-5-11(2)6-8-12)13-9-10-14(20-13)16(18)19-3/h5-10,15,17H,4H2,1-3H3. The molecule has 0 spiro atoms. The largest absolute Gasteiger partial charge is 0.463 e. The van der Waals surface area contributed by atoms with Crippen LogP contribution in [0, 0.1) is 6.92 Å². The van der Waals surface area contributed by atoms with E-state index in [0.29, 0.717) is 5.76 Å². The van der Waals surface area contributed by atoms with E-state index in [2.05, 4.69) is 34.3 Å². The molecule has 4 nitrogen and oxygen atoms in total. The molecule has 1 atom stereocenters. The molecule has 2 rings (SSSR count). The summed E-state index contributed by atoms with van der Waals surface area (Å²) in [6.45, 7) is 4.88. The average Bonchev–Trinajstić information content (AvgIpc) is 2.94. The van der Waals surface area contributed by atoms with Gasteiger partial charge < -0.3 is 14.5 Å². The number of rotatable bonds is 5. The smallest absolute Gasteiger partial charge is 0.373 e. The predicted octanol–water partition coefficient (Wildman–Crippen LogP) is 3.07. The number of ether oxygens (including phenoxy) is 1. The third-order valence-electron chi connectivity index (χ3n) is 3.12. The lowest BCUT2D eigenvalue weighted by molar-refractivity contribution is 0.0562. The number of carbonyl (C=O) groups is 1. The highest BCUT2D eigenvalue weighted by atomic mass is 16.5. The molecule has 2 aromatic rings. The minimum Gasteiger partial charge on any atom is -0.463 e. The Balaban J connectivity index is 2.30. The van der Waals surface area contributed by atoms with Gasteiger partial charge in [0, 0.05) is 0 Å². The van der Waals surface area contributed by atoms with E-state index in [1.54, 1.807) is 12.1 Å². The summed E-state index contributed by atoms with van der Waals surface area (Å²) < 4.78 is 10.3. The Morgan fingerprint density at radius 3 is 2.55 bits per heavy atom. The van der Waals surface area contributed by atoms with Crippen LogP contribution in [0.3, 0.4) is 0 Å². The number of furan rings is 1. The normalized spacial score (nSPS) is 12.2. The van der Waals surface area contributed by atoms with Gasteiger partial charge >= 0.3 is 5.97 Å². The highest BCUT2D eigenvalue weighted by molar-refractivity contribution is 5.86. The fourth-order valence-electron chi connectivity index (χ4n) is 2.06. The summed E-state index contributed by atoms with van der Waals surface area (Å²) in [5, 5.41) is 3.36. The van der Waals surface area contributed by atoms with E-state index in [1.165, 1.54) is 12.7 Å². The zero-order chi connectivity index (χ0) is 14.5. The van der Waals surface area contributed by atoms with Gasteiger partial charge in [0.1, 0.15) is 5.76 Å². The molecule has 0 aliphatic rings. The second-order valence-corrected chi connectivity index (χ2v) is 4.59. The van der Waals surface area contributed by atoms with Gasteiger partial charge in [0.05, 0.1) is 13.2 Å². The number of carbonyl (C=O) groups excluding carboxylic acids is 1. The van der Waals surface area contributed by atoms with E-state index in [1.807, 2.05) is 13.8 Å². The molecule has 106 valence electrons. The molecule has 20 heavy (non-hydrogen) atoms. The third kappa shape index (κ3) is 3.08. The number of hydrogen-bond acceptors (Lipinski definition) is 4. The molecule has 1 aromatic heterocycles. The van der Waals surface area contributed by atoms with E-state index in [0.717, 1.165) is 12.1 Å². The van der Waals surface area contributed by atoms with Crippen molar-refractivity contribution in [1.82, 2.24) is 5.32 Å². The SMILES string of the molecule is CCNC(c1ccc(C)cc1)c1ccc(C(=O)OC)o1. The highest BCUT2D eigenvalue weighted by Gasteiger charge is 2.19. The van der Waals surface area contributed by atoms with Gasteiger partial charge in [-0.25, -0.2) is 4.79 Å². The van der Waals surface area contributed by atoms with Crippen molar-refractivity contribution in [1.29, 1.82) is 0 Å². The molecular weight excluding hydrogens is 254 g/mol. The first-order valence-electron chi connectivity index (χ1n) is 6.63. The topological polar surface area (TPSA) is 51.5 Å². The number of hydrogen-bond donors (Lipinski definition) is 1. The van der Waals surface area contributed by atoms with Crippen LogP contribution in [0.4, 0.5) is 0 Å². The van der Waals surface area contributed by atoms with Crippen LogP contribution in [0.2, 0.25) is 0 Å². The zero-order valence-corrected chi connectivity index (χ0v) is 12.0. The van der Waals surface area contributed by atoms with Gasteiger partial charge in [-0.2, -0.15) is 0 Å². The Kier molecular flexibility index (Phi) is 4.58. The van der Waals surface area contributed by atoms with Crippen LogP contribution in [0.5, 0.6) is 0 Å². The molecule has 0 amide bonds. The summed E-state index contributed by atoms with van der Waals surface area (Å²) in [4.78, 5) is 11.5. The number of aryl methyl sites for hydroxylation is 1. The third-order valence-corrected chi connectivity index (χ3v) is 3.12. The summed E-state index contributed by atoms with van der Waals surface area (Å²) in [6.07, 6.45) is 0. The second kappa shape index (κ2) is 6.39. The molecule has 0 saturated carbocycles. The Bertz CT molecular complexity index is 572. The van der Waals surface area contributed by atoms with Gasteiger partial charge in [-0.1, -0.05) is 36.8 Å². The molecule has 0 fully saturated rings. The van der Waals surface area contributed by atoms with Crippen LogP contribution in [0.15, 0.2) is 40.8 Å². The molecule has 4 heteroatoms. The first-order chi connectivity index (χ1) is 9.65. The van der Waals surface area contributed by atoms with Crippen LogP contribution >= 0.6 is 0 Å². The fourth-order valence-corrected chi connectivity index (χ4v) is 2.06. The summed E-state index contributed by atoms with van der Waals surface area (Å²) in [5.41, 5.74) is 2.31. The minimum absolute atomic E-state index is 0.0704. The van der Waals surface area contributed by atoms with Crippen molar-refractivity contribution in [3.8, 4) is 0 Å². The van der Waals surface area contributed by atoms with Crippen molar-refractivity contribution >= 4 is 5.97 Å². The maximum Gasteiger partial charge on any atom is 0.373 e. The molecule has 0 aliphatic carbocycles. The Labute approximate surface area is 118 Å². The van der Waals surface area contributed by atoms with E-state index in [4.69, 9.17) is 4.42 Å². The van der Waals surface area contributed by atoms with E-state index in [-0.39, 0.29) is 11.8 Å². The summed E-state index contributed by atoms with van der Waals surface area (Å²) >= 11 is 0. The van der Waals surface area contributed by atoms with Gasteiger partial charge in [0.2, 0.25) is 5.76 Å². The lowest BCUT2D eigenvalue weighted by Crippen LogP contribution is -2.21. The molecule has 0 aliphatic heterocycles. The molecule has 0 bridgehead atoms. The van der Waals surface area contributed by atoms with Crippen molar-refractivity contribution in [2.45, 2.75) is 19.9 Å². The molecule has 0 radical (unpaired) electrons. The molecule has 1 N–H and O–H groups in total. The lowest BCUT2D eigenvalue weighted by Gasteiger charge is -2.16. The second-order valence-electron chi connectivity index (χ2n) is 4.59. The van der Waals surface area contributed by atoms with Crippen molar-refractivity contribution in [3.63, 3.8) is 0 Å². The predicted molar refractivity (Wildman–Crippen MR) is 76.7 cm³/mol. The highest BCUT2D eigenvalue weighted by Crippen LogP contribution is 2.24. The summed E-state index contributed by atoms with van der Waals surface area (Å²) in [5.74, 6) is 0.462. The molecular formula is C16H19NO3. The lowest BCUT2D eigenvalue weighted by atomic mass is 10.0. The zero-order valence-electron chi connectivity index (χ0n) is 12.0. The van der Waals surface area contributed by atoms with Gasteiger partial charge in [-0.15, -0.1) is 0 Å². The first-order valence-corrected chi connectivity index (χ1v) is 6.63. The van der Waals surface area contributed by atoms with Crippen LogP contribution in [0.1, 0.15) is 40.4 Å². The Hall–Kier alpha value is -2.07. The Morgan fingerprint density at radius 2 is 1.95 bits per heavy atom. The van der Waals surface area contributed by atoms with Gasteiger partial charge in [-0.05, 0) is 31.2 Å². The number of esters is 1. The monoisotopic (exact) mass is 273 g/mol. The van der Waals surface area contributed by atoms with Crippen molar-refractivity contribution in [3.05, 3.63) is 59.0 Å². The summed E-state index contributed by atoms with van der Waals surface area (Å²) in [7, 11) is 1.34. The molecule has 1 heterocycles. The quantitative estimate of drug-likeness (QED) is 0.851. The molecule has 1 unspecified atom stereocenters. The summed E-state index contributed by atoms with van der Waals surface area (Å²) in [6, 6.07) is 11.6. The van der Waals surface area contributed by atoms with E-state index in [9.17, 15) is 4.79 Å². The van der Waals surface area contributed by atoms with Crippen LogP contribution < -0.4 is 5.32 Å². The van der Waals surface area contributed by atoms with E-state index >= 15 is 0 Å². The maximum absolute atomic E-state index is 11.5. The maximum atomic E-state index is 11.5. The van der Waals surface area contributed by atoms with Crippen molar-refractivity contribution < 1.29 is 13.9 Å². The minimum atomic E-state index is -0.463. The van der Waals surface area contributed by atoms with Crippen LogP contribution in [-0.4, -0.2) is 19.6 Å². The van der Waals surface area contributed by atoms with Crippen molar-refractivity contribution in [2.24, 2.45) is 0 Å². The number of benzene rings is 1. The fraction of sp³-hybridized carbons (Fsp3) is 0.312. The molecule has 0 saturated heterocycles. The number of methoxy groups -OCH3 is 1. The van der Waals surface area contributed by atoms with Crippen LogP contribution in [-0.2, 0) is 4.74 Å². The van der Waals surface area contributed by atoms with Gasteiger partial charge in [-0.3, -0.25) is 0 Å². The number of nitrogens with one attached hydrogen (secondary N) is 1. The van der Waals surface area contributed by atoms with Gasteiger partial charge in [0.25, 0.3) is 0 Å². The van der Waals surface area contributed by atoms with Gasteiger partial charge in [0.15, 0.2) is 0 Å². The molecule has 1 aromatic carbocycles. The Morgan fingerprint density at radius 1 is 1.25 bits per heavy atom. The first kappa shape index (κ1) is 14.3. The van der Waals surface area contributed by atoms with Crippen LogP contribution in [0.25, 0.3) is 0 Å². The van der Waals surface area contributed by atoms with Crippen molar-refractivity contribution in [2.75, 3.05) is 13.7 Å². The van der Waals surface area contributed by atoms with E-state index < -0.39 is 5.97 Å². The average molecular weight is 273 g/mol.